The summed E-state index contributed by atoms with van der Waals surface area (Å²) >= 11 is 0. The number of rotatable bonds is 16. The van der Waals surface area contributed by atoms with Gasteiger partial charge in [-0.1, -0.05) is 0 Å². The Balaban J connectivity index is 0.873. The monoisotopic (exact) mass is 1330 g/mol. The van der Waals surface area contributed by atoms with Crippen LogP contribution in [0.3, 0.4) is 0 Å². The summed E-state index contributed by atoms with van der Waals surface area (Å²) in [7, 11) is 1.22. The minimum absolute atomic E-state index is 0.401. The van der Waals surface area contributed by atoms with Gasteiger partial charge in [0.1, 0.15) is 103 Å². The number of esters is 1. The summed E-state index contributed by atoms with van der Waals surface area (Å²) < 4.78 is 140. The maximum Gasteiger partial charge on any atom is 0.407 e. The van der Waals surface area contributed by atoms with Gasteiger partial charge in [-0.3, -0.25) is 19.2 Å². The van der Waals surface area contributed by atoms with Gasteiger partial charge in [-0.2, -0.15) is 0 Å². The molecule has 0 spiro atoms. The molecule has 0 aliphatic carbocycles. The first-order valence-corrected chi connectivity index (χ1v) is 32.3. The Morgan fingerprint density at radius 2 is 0.538 bits per heavy atom. The number of nitrogens with one attached hydrogen (secondary N) is 4. The third kappa shape index (κ3) is 14.7. The highest BCUT2D eigenvalue weighted by Gasteiger charge is 2.67. The van der Waals surface area contributed by atoms with Gasteiger partial charge in [-0.05, 0) is 132 Å². The molecule has 24 atom stereocenters. The van der Waals surface area contributed by atoms with Crippen molar-refractivity contribution in [2.24, 2.45) is 0 Å². The number of ether oxygens (including phenoxy) is 22. The Morgan fingerprint density at radius 3 is 0.785 bits per heavy atom. The van der Waals surface area contributed by atoms with Crippen molar-refractivity contribution >= 4 is 29.8 Å². The van der Waals surface area contributed by atoms with E-state index in [1.54, 1.807) is 132 Å². The van der Waals surface area contributed by atoms with Gasteiger partial charge in [0, 0.05) is 19.3 Å². The Labute approximate surface area is 540 Å². The zero-order chi connectivity index (χ0) is 67.5. The molecule has 12 aliphatic heterocycles. The molecule has 526 valence electrons. The molecule has 12 heterocycles. The number of alkyl carbamates (subject to hydrolysis) is 1. The number of amides is 4. The SMILES string of the molecule is COC(=O)C[C@H](NC(=O)C[C@@H](NC(=O)C[C@H](NC(=O)C[C@@H](NC(=O)OC(C)(C)C)[C@H]1O[C@@H]2OC(C)(C)O[C@@H]2[C@H]2OC(C)(C)O[C@H]21)[C@H]1O[C@@H]2OC(C)(C)O[C@@H]2[C@H]2OC(C)(C)O[C@H]21)[C@H]1O[C@@H]2OC(C)(C)O[C@@H]2[C@H]2OC(C)(C)O[C@H]21)[C@H]1O[C@@H]2OC(C)(C)O[C@@H]2[C@H]2OC(C)(C)O[C@H]21. The standard InChI is InChI=1S/C62H96N4O27/c1-54(2,3)93-53(71)66-27(35-39-43(83-57(8,9)79-39)47-51(75-35)91-61(16,17)87-47)23-31(69)64-25(33-37-41(81-55(4,5)77-37)45-49(73-33)89-59(12,13)85-45)21-29(67)63-26(34-38-42(82-56(6,7)78-38)46-50(74-34)90-60(14,15)86-46)22-30(68)65-28(24-32(70)72-20)36-40-44(84-58(10,11)80-40)48-52(76-36)92-62(18,19)88-48/h25-28,33-52H,21-24H2,1-20H3,(H,63,67)(H,64,69)(H,65,68)(H,66,71)/t25-,26+,27+,28-,33+,34+,35+,36+,37-,38-,39-,40-,41-,42-,43-,44-,45+,46+,47+,48+,49+,50+,51+,52+/m0/s1. The van der Waals surface area contributed by atoms with Crippen LogP contribution in [0, 0.1) is 0 Å². The van der Waals surface area contributed by atoms with E-state index in [1.165, 1.54) is 7.11 Å². The summed E-state index contributed by atoms with van der Waals surface area (Å²) in [5, 5.41) is 12.0. The molecule has 0 aromatic rings. The second-order valence-electron chi connectivity index (χ2n) is 30.7. The van der Waals surface area contributed by atoms with E-state index in [-0.39, 0.29) is 0 Å². The number of methoxy groups -OCH3 is 1. The highest BCUT2D eigenvalue weighted by Crippen LogP contribution is 2.50. The molecule has 4 N–H and O–H groups in total. The lowest BCUT2D eigenvalue weighted by atomic mass is 9.90. The van der Waals surface area contributed by atoms with Crippen molar-refractivity contribution in [3.8, 4) is 0 Å². The van der Waals surface area contributed by atoms with Crippen molar-refractivity contribution in [1.82, 2.24) is 21.3 Å². The molecule has 31 heteroatoms. The smallest absolute Gasteiger partial charge is 0.407 e. The first-order chi connectivity index (χ1) is 42.9. The number of carbonyl (C=O) groups is 5. The largest absolute Gasteiger partial charge is 0.469 e. The third-order valence-electron chi connectivity index (χ3n) is 17.9. The van der Waals surface area contributed by atoms with Gasteiger partial charge in [-0.25, -0.2) is 4.79 Å². The van der Waals surface area contributed by atoms with Crippen LogP contribution in [0.2, 0.25) is 0 Å². The van der Waals surface area contributed by atoms with Crippen LogP contribution in [-0.2, 0) is 123 Å². The lowest BCUT2D eigenvalue weighted by Gasteiger charge is -2.43. The fourth-order valence-electron chi connectivity index (χ4n) is 15.0. The van der Waals surface area contributed by atoms with Gasteiger partial charge in [0.2, 0.25) is 17.7 Å². The van der Waals surface area contributed by atoms with Crippen LogP contribution in [0.25, 0.3) is 0 Å². The predicted molar refractivity (Wildman–Crippen MR) is 310 cm³/mol. The van der Waals surface area contributed by atoms with Gasteiger partial charge in [-0.15, -0.1) is 0 Å². The maximum absolute atomic E-state index is 15.7. The molecule has 0 unspecified atom stereocenters. The summed E-state index contributed by atoms with van der Waals surface area (Å²) in [6.45, 7) is 32.7. The Morgan fingerprint density at radius 1 is 0.323 bits per heavy atom. The van der Waals surface area contributed by atoms with Gasteiger partial charge in [0.25, 0.3) is 0 Å². The number of hydrogen-bond donors (Lipinski definition) is 4. The maximum atomic E-state index is 15.7. The highest BCUT2D eigenvalue weighted by atomic mass is 16.9. The fourth-order valence-corrected chi connectivity index (χ4v) is 15.0. The molecule has 31 nitrogen and oxygen atoms in total. The quantitative estimate of drug-likeness (QED) is 0.161. The second kappa shape index (κ2) is 24.1. The van der Waals surface area contributed by atoms with Crippen LogP contribution in [-0.4, -0.2) is 236 Å². The van der Waals surface area contributed by atoms with Gasteiger partial charge in [0.05, 0.1) is 37.7 Å². The third-order valence-corrected chi connectivity index (χ3v) is 17.9. The Kier molecular flexibility index (Phi) is 17.9. The fraction of sp³-hybridized carbons (Fsp3) is 0.919. The van der Waals surface area contributed by atoms with E-state index in [2.05, 4.69) is 21.3 Å². The van der Waals surface area contributed by atoms with Crippen molar-refractivity contribution in [2.75, 3.05) is 7.11 Å². The average Bonchev–Trinajstić information content (AvgIpc) is 1.62. The van der Waals surface area contributed by atoms with Gasteiger partial charge in [0.15, 0.2) is 71.5 Å². The van der Waals surface area contributed by atoms with E-state index >= 15 is 14.4 Å². The lowest BCUT2D eigenvalue weighted by molar-refractivity contribution is -0.242. The number of hydrogen-bond acceptors (Lipinski definition) is 27. The van der Waals surface area contributed by atoms with Crippen LogP contribution in [0.5, 0.6) is 0 Å². The molecule has 12 rings (SSSR count). The van der Waals surface area contributed by atoms with E-state index in [1.807, 2.05) is 0 Å². The lowest BCUT2D eigenvalue weighted by Crippen LogP contribution is -2.65. The Hall–Kier alpha value is -3.65. The minimum atomic E-state index is -1.33. The molecule has 0 bridgehead atoms. The molecule has 0 radical (unpaired) electrons. The van der Waals surface area contributed by atoms with Crippen LogP contribution in [0.15, 0.2) is 0 Å². The zero-order valence-electron chi connectivity index (χ0n) is 56.7. The minimum Gasteiger partial charge on any atom is -0.469 e. The highest BCUT2D eigenvalue weighted by molar-refractivity contribution is 5.83. The second-order valence-corrected chi connectivity index (χ2v) is 30.7. The van der Waals surface area contributed by atoms with E-state index in [9.17, 15) is 9.59 Å². The molecular weight excluding hydrogens is 1230 g/mol. The number of fused-ring (bicyclic) bond motifs is 12. The summed E-state index contributed by atoms with van der Waals surface area (Å²) in [6, 6.07) is -5.02. The molecular formula is C62H96N4O27. The van der Waals surface area contributed by atoms with E-state index in [4.69, 9.17) is 104 Å². The average molecular weight is 1330 g/mol. The van der Waals surface area contributed by atoms with Crippen LogP contribution in [0.1, 0.15) is 157 Å². The Bertz CT molecular complexity index is 2850. The molecule has 93 heavy (non-hydrogen) atoms. The summed E-state index contributed by atoms with van der Waals surface area (Å²) in [5.74, 6) is -12.1. The summed E-state index contributed by atoms with van der Waals surface area (Å²) in [6.07, 6.45) is -21.9. The van der Waals surface area contributed by atoms with Crippen LogP contribution in [0.4, 0.5) is 4.79 Å². The first-order valence-electron chi connectivity index (χ1n) is 32.3. The predicted octanol–water partition coefficient (Wildman–Crippen LogP) is 2.65. The molecule has 0 saturated carbocycles. The van der Waals surface area contributed by atoms with Crippen molar-refractivity contribution in [2.45, 2.75) is 356 Å². The zero-order valence-corrected chi connectivity index (χ0v) is 56.7. The molecule has 0 aromatic carbocycles. The van der Waals surface area contributed by atoms with Gasteiger partial charge >= 0.3 is 12.1 Å². The van der Waals surface area contributed by atoms with E-state index < -0.39 is 254 Å². The van der Waals surface area contributed by atoms with Crippen LogP contribution < -0.4 is 21.3 Å². The summed E-state index contributed by atoms with van der Waals surface area (Å²) in [4.78, 5) is 73.6. The molecule has 12 aliphatic rings. The molecule has 12 fully saturated rings. The van der Waals surface area contributed by atoms with Crippen molar-refractivity contribution in [3.05, 3.63) is 0 Å². The van der Waals surface area contributed by atoms with Gasteiger partial charge < -0.3 is 125 Å². The number of carbonyl (C=O) groups excluding carboxylic acids is 5. The normalized spacial score (nSPS) is 42.2. The first kappa shape index (κ1) is 69.3. The topological polar surface area (TPSA) is 337 Å². The van der Waals surface area contributed by atoms with Crippen molar-refractivity contribution in [1.29, 1.82) is 0 Å². The van der Waals surface area contributed by atoms with E-state index in [0.717, 1.165) is 0 Å². The van der Waals surface area contributed by atoms with Crippen molar-refractivity contribution < 1.29 is 128 Å². The summed E-state index contributed by atoms with van der Waals surface area (Å²) in [5.41, 5.74) is -0.967. The molecule has 0 aromatic heterocycles. The van der Waals surface area contributed by atoms with Crippen molar-refractivity contribution in [3.63, 3.8) is 0 Å². The molecule has 4 amide bonds. The van der Waals surface area contributed by atoms with E-state index in [0.29, 0.717) is 0 Å². The molecule has 12 saturated heterocycles. The van der Waals surface area contributed by atoms with Crippen LogP contribution >= 0.6 is 0 Å².